The zero-order valence-corrected chi connectivity index (χ0v) is 13.3. The van der Waals surface area contributed by atoms with E-state index in [-0.39, 0.29) is 0 Å². The molecule has 0 saturated heterocycles. The Labute approximate surface area is 128 Å². The van der Waals surface area contributed by atoms with Crippen LogP contribution in [-0.4, -0.2) is 22.2 Å². The van der Waals surface area contributed by atoms with Gasteiger partial charge in [-0.15, -0.1) is 0 Å². The highest BCUT2D eigenvalue weighted by Crippen LogP contribution is 2.26. The molecule has 1 unspecified atom stereocenters. The Morgan fingerprint density at radius 2 is 1.84 bits per heavy atom. The van der Waals surface area contributed by atoms with Crippen LogP contribution in [0.3, 0.4) is 0 Å². The summed E-state index contributed by atoms with van der Waals surface area (Å²) in [6.07, 6.45) is 1.20. The third-order valence-electron chi connectivity index (χ3n) is 2.58. The predicted octanol–water partition coefficient (Wildman–Crippen LogP) is 3.29. The van der Waals surface area contributed by atoms with Crippen LogP contribution in [0.2, 0.25) is 0 Å². The second kappa shape index (κ2) is 6.45. The van der Waals surface area contributed by atoms with Crippen molar-refractivity contribution < 1.29 is 9.84 Å². The number of hydrogen-bond donors (Lipinski definition) is 1. The highest BCUT2D eigenvalue weighted by molar-refractivity contribution is 9.11. The van der Waals surface area contributed by atoms with Gasteiger partial charge in [-0.2, -0.15) is 0 Å². The Kier molecular flexibility index (Phi) is 4.90. The zero-order chi connectivity index (χ0) is 13.8. The molecule has 100 valence electrons. The van der Waals surface area contributed by atoms with Gasteiger partial charge in [0, 0.05) is 21.4 Å². The van der Waals surface area contributed by atoms with Crippen LogP contribution < -0.4 is 4.74 Å². The molecule has 2 rings (SSSR count). The van der Waals surface area contributed by atoms with E-state index in [1.807, 2.05) is 18.2 Å². The van der Waals surface area contributed by atoms with Crippen LogP contribution in [0, 0.1) is 0 Å². The molecule has 1 aromatic heterocycles. The third-order valence-corrected chi connectivity index (χ3v) is 3.50. The lowest BCUT2D eigenvalue weighted by Crippen LogP contribution is -2.04. The van der Waals surface area contributed by atoms with Crippen molar-refractivity contribution in [3.8, 4) is 5.88 Å². The van der Waals surface area contributed by atoms with Gasteiger partial charge < -0.3 is 9.84 Å². The number of benzene rings is 1. The highest BCUT2D eigenvalue weighted by Gasteiger charge is 2.12. The van der Waals surface area contributed by atoms with Crippen molar-refractivity contribution in [2.45, 2.75) is 12.5 Å². The van der Waals surface area contributed by atoms with Gasteiger partial charge in [0.15, 0.2) is 0 Å². The van der Waals surface area contributed by atoms with Crippen LogP contribution in [0.15, 0.2) is 39.5 Å². The van der Waals surface area contributed by atoms with E-state index >= 15 is 0 Å². The fourth-order valence-corrected chi connectivity index (χ4v) is 3.01. The van der Waals surface area contributed by atoms with Gasteiger partial charge >= 0.3 is 0 Å². The van der Waals surface area contributed by atoms with Crippen molar-refractivity contribution in [1.82, 2.24) is 9.97 Å². The van der Waals surface area contributed by atoms with E-state index in [4.69, 9.17) is 4.74 Å². The first-order valence-corrected chi connectivity index (χ1v) is 7.16. The predicted molar refractivity (Wildman–Crippen MR) is 79.1 cm³/mol. The molecule has 0 saturated carbocycles. The average molecular weight is 388 g/mol. The number of hydrogen-bond acceptors (Lipinski definition) is 4. The molecule has 1 aromatic carbocycles. The second-order valence-electron chi connectivity index (χ2n) is 3.97. The van der Waals surface area contributed by atoms with E-state index in [1.54, 1.807) is 13.2 Å². The molecule has 0 aliphatic carbocycles. The summed E-state index contributed by atoms with van der Waals surface area (Å²) in [4.78, 5) is 8.06. The number of halogens is 2. The van der Waals surface area contributed by atoms with Crippen LogP contribution in [0.25, 0.3) is 0 Å². The maximum absolute atomic E-state index is 10.2. The first kappa shape index (κ1) is 14.4. The molecular weight excluding hydrogens is 376 g/mol. The highest BCUT2D eigenvalue weighted by atomic mass is 79.9. The fourth-order valence-electron chi connectivity index (χ4n) is 1.68. The summed E-state index contributed by atoms with van der Waals surface area (Å²) >= 11 is 6.81. The van der Waals surface area contributed by atoms with Crippen molar-refractivity contribution in [3.63, 3.8) is 0 Å². The summed E-state index contributed by atoms with van der Waals surface area (Å²) in [6, 6.07) is 7.40. The van der Waals surface area contributed by atoms with Crippen LogP contribution in [0.1, 0.15) is 17.4 Å². The summed E-state index contributed by atoms with van der Waals surface area (Å²) in [5.41, 5.74) is 1.55. The minimum Gasteiger partial charge on any atom is -0.481 e. The Balaban J connectivity index is 2.17. The maximum atomic E-state index is 10.2. The van der Waals surface area contributed by atoms with E-state index in [1.165, 1.54) is 6.33 Å². The number of aromatic nitrogens is 2. The van der Waals surface area contributed by atoms with Crippen LogP contribution >= 0.6 is 31.9 Å². The van der Waals surface area contributed by atoms with E-state index in [2.05, 4.69) is 41.8 Å². The monoisotopic (exact) mass is 386 g/mol. The molecule has 1 N–H and O–H groups in total. The molecule has 0 aliphatic heterocycles. The first-order valence-electron chi connectivity index (χ1n) is 5.57. The lowest BCUT2D eigenvalue weighted by Gasteiger charge is -2.12. The minimum absolute atomic E-state index is 0.405. The number of methoxy groups -OCH3 is 1. The quantitative estimate of drug-likeness (QED) is 0.874. The van der Waals surface area contributed by atoms with E-state index in [9.17, 15) is 5.11 Å². The van der Waals surface area contributed by atoms with Gasteiger partial charge in [-0.05, 0) is 23.8 Å². The van der Waals surface area contributed by atoms with Gasteiger partial charge in [-0.25, -0.2) is 9.97 Å². The van der Waals surface area contributed by atoms with Crippen molar-refractivity contribution in [2.75, 3.05) is 7.11 Å². The SMILES string of the molecule is COc1cc(CC(O)c2cc(Br)cc(Br)c2)ncn1. The van der Waals surface area contributed by atoms with Crippen molar-refractivity contribution in [1.29, 1.82) is 0 Å². The molecule has 1 heterocycles. The normalized spacial score (nSPS) is 12.2. The maximum Gasteiger partial charge on any atom is 0.216 e. The Morgan fingerprint density at radius 3 is 2.47 bits per heavy atom. The van der Waals surface area contributed by atoms with E-state index in [0.29, 0.717) is 12.3 Å². The number of aliphatic hydroxyl groups excluding tert-OH is 1. The smallest absolute Gasteiger partial charge is 0.216 e. The molecule has 0 spiro atoms. The van der Waals surface area contributed by atoms with Crippen molar-refractivity contribution in [3.05, 3.63) is 50.8 Å². The molecule has 6 heteroatoms. The number of rotatable bonds is 4. The molecule has 0 aliphatic rings. The molecule has 0 radical (unpaired) electrons. The molecule has 0 fully saturated rings. The molecule has 0 amide bonds. The van der Waals surface area contributed by atoms with Crippen molar-refractivity contribution >= 4 is 31.9 Å². The molecule has 19 heavy (non-hydrogen) atoms. The topological polar surface area (TPSA) is 55.2 Å². The van der Waals surface area contributed by atoms with Crippen LogP contribution in [0.4, 0.5) is 0 Å². The van der Waals surface area contributed by atoms with Gasteiger partial charge in [-0.1, -0.05) is 31.9 Å². The molecule has 2 aromatic rings. The van der Waals surface area contributed by atoms with Gasteiger partial charge in [0.25, 0.3) is 0 Å². The number of aliphatic hydroxyl groups is 1. The minimum atomic E-state index is -0.631. The van der Waals surface area contributed by atoms with Gasteiger partial charge in [-0.3, -0.25) is 0 Å². The summed E-state index contributed by atoms with van der Waals surface area (Å²) < 4.78 is 6.86. The largest absolute Gasteiger partial charge is 0.481 e. The fraction of sp³-hybridized carbons (Fsp3) is 0.231. The lowest BCUT2D eigenvalue weighted by molar-refractivity contribution is 0.177. The summed E-state index contributed by atoms with van der Waals surface area (Å²) in [5, 5.41) is 10.2. The Hall–Kier alpha value is -0.980. The van der Waals surface area contributed by atoms with E-state index < -0.39 is 6.10 Å². The van der Waals surface area contributed by atoms with Crippen LogP contribution in [-0.2, 0) is 6.42 Å². The second-order valence-corrected chi connectivity index (χ2v) is 5.81. The summed E-state index contributed by atoms with van der Waals surface area (Å²) in [6.45, 7) is 0. The molecule has 0 bridgehead atoms. The summed E-state index contributed by atoms with van der Waals surface area (Å²) in [5.74, 6) is 0.493. The first-order chi connectivity index (χ1) is 9.08. The standard InChI is InChI=1S/C13H12Br2N2O2/c1-19-13-6-11(16-7-17-13)5-12(18)8-2-9(14)4-10(15)3-8/h2-4,6-7,12,18H,5H2,1H3. The Morgan fingerprint density at radius 1 is 1.16 bits per heavy atom. The molecule has 1 atom stereocenters. The number of nitrogens with zero attached hydrogens (tertiary/aromatic N) is 2. The lowest BCUT2D eigenvalue weighted by atomic mass is 10.1. The molecular formula is C13H12Br2N2O2. The Bertz CT molecular complexity index is 558. The van der Waals surface area contributed by atoms with Crippen LogP contribution in [0.5, 0.6) is 5.88 Å². The van der Waals surface area contributed by atoms with E-state index in [0.717, 1.165) is 20.2 Å². The van der Waals surface area contributed by atoms with Gasteiger partial charge in [0.2, 0.25) is 5.88 Å². The van der Waals surface area contributed by atoms with Crippen molar-refractivity contribution in [2.24, 2.45) is 0 Å². The summed E-state index contributed by atoms with van der Waals surface area (Å²) in [7, 11) is 1.55. The average Bonchev–Trinajstić information content (AvgIpc) is 2.37. The zero-order valence-electron chi connectivity index (χ0n) is 10.2. The molecule has 4 nitrogen and oxygen atoms in total. The van der Waals surface area contributed by atoms with Gasteiger partial charge in [0.05, 0.1) is 18.9 Å². The number of ether oxygens (including phenoxy) is 1. The third kappa shape index (κ3) is 3.99. The van der Waals surface area contributed by atoms with Gasteiger partial charge in [0.1, 0.15) is 6.33 Å².